The number of benzene rings is 2. The highest BCUT2D eigenvalue weighted by Crippen LogP contribution is 2.47. The first-order chi connectivity index (χ1) is 19.1. The Kier molecular flexibility index (Phi) is 6.36. The molecule has 0 spiro atoms. The molecule has 1 aliphatic heterocycles. The number of rotatable bonds is 7. The van der Waals surface area contributed by atoms with Gasteiger partial charge in [-0.05, 0) is 111 Å². The van der Waals surface area contributed by atoms with Crippen LogP contribution in [0, 0.1) is 0 Å². The van der Waals surface area contributed by atoms with Gasteiger partial charge >= 0.3 is 0 Å². The fourth-order valence-corrected chi connectivity index (χ4v) is 7.06. The molecule has 200 valence electrons. The smallest absolute Gasteiger partial charge is 0.252 e. The molecule has 1 saturated heterocycles. The van der Waals surface area contributed by atoms with Gasteiger partial charge in [0.25, 0.3) is 5.91 Å². The second-order valence-corrected chi connectivity index (χ2v) is 11.6. The van der Waals surface area contributed by atoms with Crippen molar-refractivity contribution in [3.8, 4) is 11.5 Å². The van der Waals surface area contributed by atoms with Crippen molar-refractivity contribution in [1.82, 2.24) is 14.9 Å². The molecule has 2 aromatic carbocycles. The molecule has 1 atom stereocenters. The number of ether oxygens (including phenoxy) is 1. The van der Waals surface area contributed by atoms with Crippen molar-refractivity contribution in [1.29, 1.82) is 0 Å². The second-order valence-electron chi connectivity index (χ2n) is 11.6. The van der Waals surface area contributed by atoms with Crippen LogP contribution in [0.2, 0.25) is 0 Å². The van der Waals surface area contributed by atoms with Gasteiger partial charge in [0.15, 0.2) is 0 Å². The number of primary amides is 1. The molecule has 3 N–H and O–H groups in total. The first-order valence-electron chi connectivity index (χ1n) is 14.5. The van der Waals surface area contributed by atoms with Crippen molar-refractivity contribution in [3.63, 3.8) is 0 Å². The van der Waals surface area contributed by atoms with E-state index in [2.05, 4.69) is 45.2 Å². The molecular weight excluding hydrogens is 484 g/mol. The maximum atomic E-state index is 12.2. The molecule has 6 heteroatoms. The van der Waals surface area contributed by atoms with Crippen LogP contribution in [-0.2, 0) is 0 Å². The van der Waals surface area contributed by atoms with Crippen molar-refractivity contribution in [3.05, 3.63) is 89.2 Å². The molecular formula is C33H36N4O2. The molecule has 4 aromatic rings. The van der Waals surface area contributed by atoms with Crippen molar-refractivity contribution < 1.29 is 9.53 Å². The number of nitrogens with zero attached hydrogens (tertiary/aromatic N) is 2. The Morgan fingerprint density at radius 2 is 1.72 bits per heavy atom. The van der Waals surface area contributed by atoms with E-state index in [4.69, 9.17) is 10.5 Å². The monoisotopic (exact) mass is 520 g/mol. The molecule has 0 bridgehead atoms. The van der Waals surface area contributed by atoms with Gasteiger partial charge in [0.2, 0.25) is 0 Å². The molecule has 1 unspecified atom stereocenters. The lowest BCUT2D eigenvalue weighted by Gasteiger charge is -2.39. The summed E-state index contributed by atoms with van der Waals surface area (Å²) in [5.41, 5.74) is 11.3. The number of likely N-dealkylation sites (tertiary alicyclic amines) is 1. The van der Waals surface area contributed by atoms with Crippen molar-refractivity contribution in [2.24, 2.45) is 5.73 Å². The third-order valence-corrected chi connectivity index (χ3v) is 9.18. The number of nitrogens with one attached hydrogen (secondary N) is 1. The van der Waals surface area contributed by atoms with E-state index >= 15 is 0 Å². The minimum Gasteiger partial charge on any atom is -0.455 e. The number of nitrogens with two attached hydrogens (primary N) is 1. The second kappa shape index (κ2) is 10.2. The summed E-state index contributed by atoms with van der Waals surface area (Å²) < 4.78 is 6.20. The zero-order chi connectivity index (χ0) is 26.3. The normalized spacial score (nSPS) is 23.7. The average Bonchev–Trinajstić information content (AvgIpc) is 3.50. The molecule has 7 rings (SSSR count). The van der Waals surface area contributed by atoms with E-state index in [1.165, 1.54) is 50.6 Å². The lowest BCUT2D eigenvalue weighted by Crippen LogP contribution is -2.37. The number of H-pyrrole nitrogens is 1. The fourth-order valence-electron chi connectivity index (χ4n) is 7.06. The zero-order valence-electron chi connectivity index (χ0n) is 22.3. The van der Waals surface area contributed by atoms with Gasteiger partial charge in [-0.3, -0.25) is 9.69 Å². The fraction of sp³-hybridized carbons (Fsp3) is 0.394. The van der Waals surface area contributed by atoms with Gasteiger partial charge in [0.05, 0.1) is 11.8 Å². The van der Waals surface area contributed by atoms with Crippen LogP contribution in [0.3, 0.4) is 0 Å². The van der Waals surface area contributed by atoms with Crippen LogP contribution in [-0.4, -0.2) is 33.4 Å². The van der Waals surface area contributed by atoms with Gasteiger partial charge < -0.3 is 15.5 Å². The van der Waals surface area contributed by atoms with Gasteiger partial charge in [-0.2, -0.15) is 0 Å². The summed E-state index contributed by atoms with van der Waals surface area (Å²) >= 11 is 0. The first-order valence-corrected chi connectivity index (χ1v) is 14.5. The molecule has 3 aliphatic rings. The van der Waals surface area contributed by atoms with Crippen LogP contribution in [0.15, 0.2) is 67.0 Å². The number of amides is 1. The average molecular weight is 521 g/mol. The Bertz CT molecular complexity index is 1500. The summed E-state index contributed by atoms with van der Waals surface area (Å²) in [6.07, 6.45) is 13.5. The lowest BCUT2D eigenvalue weighted by atomic mass is 9.80. The summed E-state index contributed by atoms with van der Waals surface area (Å²) in [5.74, 6) is 1.87. The Morgan fingerprint density at radius 3 is 2.51 bits per heavy atom. The van der Waals surface area contributed by atoms with E-state index in [1.54, 1.807) is 17.3 Å². The summed E-state index contributed by atoms with van der Waals surface area (Å²) in [6.45, 7) is 1.21. The van der Waals surface area contributed by atoms with Crippen LogP contribution in [0.1, 0.15) is 96.3 Å². The molecule has 2 aliphatic carbocycles. The van der Waals surface area contributed by atoms with Crippen molar-refractivity contribution >= 4 is 16.9 Å². The number of pyridine rings is 1. The maximum absolute atomic E-state index is 12.2. The zero-order valence-corrected chi connectivity index (χ0v) is 22.3. The summed E-state index contributed by atoms with van der Waals surface area (Å²) in [6, 6.07) is 20.2. The Morgan fingerprint density at radius 1 is 0.923 bits per heavy atom. The molecule has 1 amide bonds. The van der Waals surface area contributed by atoms with Crippen LogP contribution in [0.25, 0.3) is 11.0 Å². The van der Waals surface area contributed by atoms with Gasteiger partial charge in [0.1, 0.15) is 17.1 Å². The predicted octanol–water partition coefficient (Wildman–Crippen LogP) is 7.19. The number of aromatic nitrogens is 2. The largest absolute Gasteiger partial charge is 0.455 e. The number of hydrogen-bond acceptors (Lipinski definition) is 4. The van der Waals surface area contributed by atoms with Crippen LogP contribution >= 0.6 is 0 Å². The van der Waals surface area contributed by atoms with Crippen molar-refractivity contribution in [2.45, 2.75) is 75.3 Å². The molecule has 2 saturated carbocycles. The van der Waals surface area contributed by atoms with Crippen LogP contribution < -0.4 is 10.5 Å². The number of hydrogen-bond donors (Lipinski definition) is 2. The Hall–Kier alpha value is -3.64. The van der Waals surface area contributed by atoms with E-state index < -0.39 is 5.91 Å². The molecule has 39 heavy (non-hydrogen) atoms. The van der Waals surface area contributed by atoms with Crippen LogP contribution in [0.5, 0.6) is 11.5 Å². The quantitative estimate of drug-likeness (QED) is 0.270. The molecule has 6 nitrogen and oxygen atoms in total. The molecule has 3 fully saturated rings. The van der Waals surface area contributed by atoms with Gasteiger partial charge in [-0.15, -0.1) is 0 Å². The lowest BCUT2D eigenvalue weighted by molar-refractivity contribution is 0.0998. The third kappa shape index (κ3) is 4.82. The summed E-state index contributed by atoms with van der Waals surface area (Å²) in [5, 5.41) is 0.961. The number of aromatic amines is 1. The molecule has 3 heterocycles. The topological polar surface area (TPSA) is 84.2 Å². The van der Waals surface area contributed by atoms with E-state index in [0.717, 1.165) is 29.8 Å². The van der Waals surface area contributed by atoms with Gasteiger partial charge in [-0.1, -0.05) is 30.3 Å². The highest BCUT2D eigenvalue weighted by Gasteiger charge is 2.37. The Balaban J connectivity index is 1.07. The number of carbonyl (C=O) groups is 1. The minimum absolute atomic E-state index is 0.399. The van der Waals surface area contributed by atoms with E-state index in [0.29, 0.717) is 35.1 Å². The molecule has 2 aromatic heterocycles. The van der Waals surface area contributed by atoms with Crippen LogP contribution in [0.4, 0.5) is 0 Å². The standard InChI is InChI=1S/C33H36N4O2/c34-32(38)29-14-11-23(19-31(29)39-26-18-24-15-16-35-33(24)36-20-26)21-9-12-25(13-10-21)37-17-3-6-30(37)28-5-2-1-4-27(28)22-7-8-22/h1-2,4-5,11,14-16,18-22,25,30H,3,6-10,12-13,17H2,(H2,34,38)(H,35,36). The maximum Gasteiger partial charge on any atom is 0.252 e. The van der Waals surface area contributed by atoms with Gasteiger partial charge in [0, 0.05) is 23.7 Å². The number of carbonyl (C=O) groups excluding carboxylic acids is 1. The summed E-state index contributed by atoms with van der Waals surface area (Å²) in [4.78, 5) is 22.5. The third-order valence-electron chi connectivity index (χ3n) is 9.18. The van der Waals surface area contributed by atoms with Crippen molar-refractivity contribution in [2.75, 3.05) is 6.54 Å². The minimum atomic E-state index is -0.484. The first kappa shape index (κ1) is 24.4. The SMILES string of the molecule is NC(=O)c1ccc(C2CCC(N3CCCC3c3ccccc3C3CC3)CC2)cc1Oc1cnc2[nH]ccc2c1. The Labute approximate surface area is 229 Å². The van der Waals surface area contributed by atoms with E-state index in [1.807, 2.05) is 30.5 Å². The highest BCUT2D eigenvalue weighted by atomic mass is 16.5. The highest BCUT2D eigenvalue weighted by molar-refractivity contribution is 5.95. The van der Waals surface area contributed by atoms with Gasteiger partial charge in [-0.25, -0.2) is 4.98 Å². The predicted molar refractivity (Wildman–Crippen MR) is 153 cm³/mol. The number of fused-ring (bicyclic) bond motifs is 1. The van der Waals surface area contributed by atoms with E-state index in [-0.39, 0.29) is 0 Å². The van der Waals surface area contributed by atoms with E-state index in [9.17, 15) is 4.79 Å². The summed E-state index contributed by atoms with van der Waals surface area (Å²) in [7, 11) is 0. The molecule has 0 radical (unpaired) electrons.